The predicted octanol–water partition coefficient (Wildman–Crippen LogP) is 6.85. The van der Waals surface area contributed by atoms with E-state index < -0.39 is 5.97 Å². The molecule has 0 saturated heterocycles. The lowest BCUT2D eigenvalue weighted by molar-refractivity contribution is -0.136. The van der Waals surface area contributed by atoms with Gasteiger partial charge in [0.15, 0.2) is 0 Å². The van der Waals surface area contributed by atoms with E-state index >= 15 is 0 Å². The maximum Gasteiger partial charge on any atom is 0.307 e. The van der Waals surface area contributed by atoms with E-state index in [4.69, 9.17) is 27.9 Å². The Morgan fingerprint density at radius 1 is 1.14 bits per heavy atom. The Hall–Kier alpha value is -1.75. The molecule has 3 nitrogen and oxygen atoms in total. The maximum absolute atomic E-state index is 11.5. The third kappa shape index (κ3) is 2.81. The topological polar surface area (TPSA) is 46.5 Å². The number of benzene rings is 3. The summed E-state index contributed by atoms with van der Waals surface area (Å²) in [6, 6.07) is 9.59. The van der Waals surface area contributed by atoms with Crippen LogP contribution in [0.3, 0.4) is 0 Å². The molecule has 3 aromatic carbocycles. The molecule has 0 fully saturated rings. The quantitative estimate of drug-likeness (QED) is 0.446. The second-order valence-electron chi connectivity index (χ2n) is 7.50. The molecule has 0 heterocycles. The molecular weight excluding hydrogens is 463 g/mol. The second kappa shape index (κ2) is 6.65. The van der Waals surface area contributed by atoms with E-state index in [0.717, 1.165) is 43.2 Å². The van der Waals surface area contributed by atoms with E-state index in [0.29, 0.717) is 15.6 Å². The number of fused-ring (bicyclic) bond motifs is 5. The summed E-state index contributed by atoms with van der Waals surface area (Å²) < 4.78 is 6.35. The third-order valence-electron chi connectivity index (χ3n) is 5.48. The monoisotopic (exact) mass is 478 g/mol. The Balaban J connectivity index is 2.18. The van der Waals surface area contributed by atoms with Gasteiger partial charge in [-0.15, -0.1) is 0 Å². The van der Waals surface area contributed by atoms with Gasteiger partial charge in [0.05, 0.1) is 23.0 Å². The molecule has 144 valence electrons. The van der Waals surface area contributed by atoms with Gasteiger partial charge in [0, 0.05) is 15.8 Å². The first-order chi connectivity index (χ1) is 13.1. The van der Waals surface area contributed by atoms with Crippen molar-refractivity contribution in [2.45, 2.75) is 25.7 Å². The van der Waals surface area contributed by atoms with E-state index in [1.807, 2.05) is 24.3 Å². The highest BCUT2D eigenvalue weighted by atomic mass is 79.9. The van der Waals surface area contributed by atoms with Gasteiger partial charge >= 0.3 is 5.97 Å². The van der Waals surface area contributed by atoms with E-state index in [2.05, 4.69) is 29.8 Å². The van der Waals surface area contributed by atoms with Gasteiger partial charge in [-0.2, -0.15) is 0 Å². The highest BCUT2D eigenvalue weighted by Gasteiger charge is 2.38. The molecule has 0 amide bonds. The minimum atomic E-state index is -0.898. The van der Waals surface area contributed by atoms with E-state index in [1.54, 1.807) is 13.2 Å². The van der Waals surface area contributed by atoms with Crippen LogP contribution in [0.1, 0.15) is 30.5 Å². The summed E-state index contributed by atoms with van der Waals surface area (Å²) in [5.41, 5.74) is 4.65. The molecule has 0 bridgehead atoms. The van der Waals surface area contributed by atoms with Crippen LogP contribution in [0, 0.1) is 0 Å². The molecule has 0 aliphatic heterocycles. The van der Waals surface area contributed by atoms with Gasteiger partial charge in [0.1, 0.15) is 5.75 Å². The van der Waals surface area contributed by atoms with Crippen molar-refractivity contribution in [2.75, 3.05) is 7.11 Å². The molecule has 0 saturated carbocycles. The van der Waals surface area contributed by atoms with Gasteiger partial charge in [0.25, 0.3) is 0 Å². The Morgan fingerprint density at radius 3 is 2.50 bits per heavy atom. The van der Waals surface area contributed by atoms with Crippen LogP contribution in [0.5, 0.6) is 5.75 Å². The van der Waals surface area contributed by atoms with Gasteiger partial charge in [0.2, 0.25) is 0 Å². The lowest BCUT2D eigenvalue weighted by atomic mass is 9.81. The first-order valence-corrected chi connectivity index (χ1v) is 10.2. The summed E-state index contributed by atoms with van der Waals surface area (Å²) in [5.74, 6) is -0.143. The minimum absolute atomic E-state index is 0.107. The number of hydrogen-bond acceptors (Lipinski definition) is 2. The summed E-state index contributed by atoms with van der Waals surface area (Å²) in [6.07, 6.45) is -0.107. The number of halogens is 3. The first-order valence-electron chi connectivity index (χ1n) is 8.70. The number of carbonyl (C=O) groups is 1. The molecule has 1 aliphatic carbocycles. The van der Waals surface area contributed by atoms with Crippen molar-refractivity contribution in [2.24, 2.45) is 0 Å². The molecule has 1 aliphatic rings. The lowest BCUT2D eigenvalue weighted by Crippen LogP contribution is -2.16. The van der Waals surface area contributed by atoms with E-state index in [9.17, 15) is 9.90 Å². The minimum Gasteiger partial charge on any atom is -0.496 e. The van der Waals surface area contributed by atoms with Crippen LogP contribution in [0.2, 0.25) is 10.0 Å². The molecule has 6 heteroatoms. The second-order valence-corrected chi connectivity index (χ2v) is 9.19. The summed E-state index contributed by atoms with van der Waals surface area (Å²) >= 11 is 16.4. The number of methoxy groups -OCH3 is 1. The Bertz CT molecular complexity index is 1170. The van der Waals surface area contributed by atoms with Crippen LogP contribution < -0.4 is 4.74 Å². The van der Waals surface area contributed by atoms with Crippen molar-refractivity contribution < 1.29 is 14.6 Å². The van der Waals surface area contributed by atoms with E-state index in [-0.39, 0.29) is 11.8 Å². The van der Waals surface area contributed by atoms with Crippen LogP contribution in [0.25, 0.3) is 21.9 Å². The molecule has 4 rings (SSSR count). The molecule has 0 unspecified atom stereocenters. The van der Waals surface area contributed by atoms with Crippen molar-refractivity contribution in [3.8, 4) is 16.9 Å². The molecule has 1 N–H and O–H groups in total. The zero-order valence-electron chi connectivity index (χ0n) is 15.5. The zero-order valence-corrected chi connectivity index (χ0v) is 18.6. The van der Waals surface area contributed by atoms with Crippen LogP contribution in [-0.4, -0.2) is 18.2 Å². The Labute approximate surface area is 181 Å². The number of rotatable bonds is 3. The summed E-state index contributed by atoms with van der Waals surface area (Å²) in [4.78, 5) is 11.5. The number of carboxylic acids is 1. The molecule has 0 radical (unpaired) electrons. The Kier molecular flexibility index (Phi) is 4.65. The average Bonchev–Trinajstić information content (AvgIpc) is 2.80. The van der Waals surface area contributed by atoms with Crippen molar-refractivity contribution in [1.82, 2.24) is 0 Å². The molecular formula is C22H17BrCl2O3. The number of carboxylic acid groups (broad SMARTS) is 1. The molecule has 0 atom stereocenters. The maximum atomic E-state index is 11.5. The number of hydrogen-bond donors (Lipinski definition) is 1. The number of aliphatic carboxylic acids is 1. The Morgan fingerprint density at radius 2 is 1.86 bits per heavy atom. The average molecular weight is 480 g/mol. The highest BCUT2D eigenvalue weighted by Crippen LogP contribution is 2.55. The standard InChI is InChI=1S/C22H17BrCl2O3/c1-22(2)14-9-18(28-3)16(23)8-12(14)21-13-6-11(24)7-17(25)20(13)10(4-15(21)22)5-19(26)27/h4,6-9H,5H2,1-3H3,(H,26,27). The fraction of sp³-hybridized carbons (Fsp3) is 0.227. The van der Waals surface area contributed by atoms with Gasteiger partial charge < -0.3 is 9.84 Å². The third-order valence-corrected chi connectivity index (χ3v) is 6.62. The largest absolute Gasteiger partial charge is 0.496 e. The predicted molar refractivity (Wildman–Crippen MR) is 117 cm³/mol. The lowest BCUT2D eigenvalue weighted by Gasteiger charge is -2.23. The zero-order chi connectivity index (χ0) is 20.4. The van der Waals surface area contributed by atoms with Gasteiger partial charge in [-0.1, -0.05) is 43.1 Å². The summed E-state index contributed by atoms with van der Waals surface area (Å²) in [5, 5.41) is 12.0. The molecule has 3 aromatic rings. The molecule has 0 spiro atoms. The number of ether oxygens (including phenoxy) is 1. The van der Waals surface area contributed by atoms with Crippen molar-refractivity contribution in [3.05, 3.63) is 61.5 Å². The van der Waals surface area contributed by atoms with Gasteiger partial charge in [-0.3, -0.25) is 4.79 Å². The van der Waals surface area contributed by atoms with Gasteiger partial charge in [-0.05, 0) is 73.4 Å². The first kappa shape index (κ1) is 19.6. The van der Waals surface area contributed by atoms with Crippen LogP contribution in [0.4, 0.5) is 0 Å². The SMILES string of the molecule is COc1cc2c(cc1Br)-c1c(cc(CC(=O)O)c3c(Cl)cc(Cl)cc13)C2(C)C. The van der Waals surface area contributed by atoms with Crippen molar-refractivity contribution in [3.63, 3.8) is 0 Å². The van der Waals surface area contributed by atoms with E-state index in [1.165, 1.54) is 0 Å². The van der Waals surface area contributed by atoms with Crippen LogP contribution in [-0.2, 0) is 16.6 Å². The van der Waals surface area contributed by atoms with Crippen LogP contribution >= 0.6 is 39.1 Å². The van der Waals surface area contributed by atoms with Crippen molar-refractivity contribution >= 4 is 55.9 Å². The normalized spacial score (nSPS) is 14.1. The smallest absolute Gasteiger partial charge is 0.307 e. The van der Waals surface area contributed by atoms with Crippen LogP contribution in [0.15, 0.2) is 34.8 Å². The fourth-order valence-electron chi connectivity index (χ4n) is 4.23. The molecule has 0 aromatic heterocycles. The van der Waals surface area contributed by atoms with Gasteiger partial charge in [-0.25, -0.2) is 0 Å². The fourth-order valence-corrected chi connectivity index (χ4v) is 5.35. The summed E-state index contributed by atoms with van der Waals surface area (Å²) in [7, 11) is 1.64. The summed E-state index contributed by atoms with van der Waals surface area (Å²) in [6.45, 7) is 4.26. The van der Waals surface area contributed by atoms with Crippen molar-refractivity contribution in [1.29, 1.82) is 0 Å². The molecule has 28 heavy (non-hydrogen) atoms. The highest BCUT2D eigenvalue weighted by molar-refractivity contribution is 9.10.